The number of thioether (sulfide) groups is 1. The third kappa shape index (κ3) is 4.23. The number of amides is 1. The number of nitrogens with zero attached hydrogens (tertiary/aromatic N) is 3. The summed E-state index contributed by atoms with van der Waals surface area (Å²) < 4.78 is 7.03. The van der Waals surface area contributed by atoms with Gasteiger partial charge in [0.1, 0.15) is 12.1 Å². The number of aromatic nitrogens is 3. The van der Waals surface area contributed by atoms with E-state index in [-0.39, 0.29) is 11.2 Å². The van der Waals surface area contributed by atoms with E-state index in [0.29, 0.717) is 5.16 Å². The fourth-order valence-corrected chi connectivity index (χ4v) is 3.16. The van der Waals surface area contributed by atoms with Gasteiger partial charge in [0.2, 0.25) is 5.91 Å². The molecule has 3 rings (SSSR count). The summed E-state index contributed by atoms with van der Waals surface area (Å²) >= 11 is 1.36. The maximum absolute atomic E-state index is 12.4. The van der Waals surface area contributed by atoms with E-state index in [0.717, 1.165) is 22.7 Å². The van der Waals surface area contributed by atoms with Crippen molar-refractivity contribution in [1.29, 1.82) is 0 Å². The molecular formula is C19H20N4O2S. The molecule has 0 fully saturated rings. The Labute approximate surface area is 156 Å². The second-order valence-electron chi connectivity index (χ2n) is 5.80. The summed E-state index contributed by atoms with van der Waals surface area (Å²) in [7, 11) is 1.63. The summed E-state index contributed by atoms with van der Waals surface area (Å²) in [6.45, 7) is 3.86. The van der Waals surface area contributed by atoms with Crippen LogP contribution in [0, 0.1) is 6.92 Å². The van der Waals surface area contributed by atoms with Gasteiger partial charge in [-0.3, -0.25) is 9.36 Å². The molecule has 0 saturated carbocycles. The van der Waals surface area contributed by atoms with E-state index in [1.54, 1.807) is 13.4 Å². The first-order chi connectivity index (χ1) is 12.6. The van der Waals surface area contributed by atoms with E-state index in [1.807, 2.05) is 66.9 Å². The Hall–Kier alpha value is -2.80. The molecule has 3 aromatic rings. The van der Waals surface area contributed by atoms with Crippen LogP contribution >= 0.6 is 11.8 Å². The summed E-state index contributed by atoms with van der Waals surface area (Å²) in [4.78, 5) is 12.4. The molecule has 1 atom stereocenters. The van der Waals surface area contributed by atoms with Crippen molar-refractivity contribution in [1.82, 2.24) is 14.8 Å². The fraction of sp³-hybridized carbons (Fsp3) is 0.211. The van der Waals surface area contributed by atoms with Gasteiger partial charge in [0.25, 0.3) is 0 Å². The summed E-state index contributed by atoms with van der Waals surface area (Å²) in [5.74, 6) is 0.699. The molecule has 6 nitrogen and oxygen atoms in total. The first kappa shape index (κ1) is 18.0. The molecule has 1 N–H and O–H groups in total. The summed E-state index contributed by atoms with van der Waals surface area (Å²) in [6, 6.07) is 15.3. The SMILES string of the molecule is COc1ccc(-n2cnnc2SC(C)C(=O)Nc2ccc(C)cc2)cc1. The normalized spacial score (nSPS) is 11.8. The highest BCUT2D eigenvalue weighted by Gasteiger charge is 2.18. The zero-order chi connectivity index (χ0) is 18.5. The fourth-order valence-electron chi connectivity index (χ4n) is 2.32. The number of benzene rings is 2. The Kier molecular flexibility index (Phi) is 5.58. The van der Waals surface area contributed by atoms with Crippen LogP contribution in [-0.4, -0.2) is 33.0 Å². The molecule has 1 unspecified atom stereocenters. The highest BCUT2D eigenvalue weighted by Crippen LogP contribution is 2.25. The standard InChI is InChI=1S/C19H20N4O2S/c1-13-4-6-15(7-5-13)21-18(24)14(2)26-19-22-20-12-23(19)16-8-10-17(25-3)11-9-16/h4-12,14H,1-3H3,(H,21,24). The zero-order valence-electron chi connectivity index (χ0n) is 14.8. The number of hydrogen-bond acceptors (Lipinski definition) is 5. The number of methoxy groups -OCH3 is 1. The third-order valence-electron chi connectivity index (χ3n) is 3.84. The number of nitrogens with one attached hydrogen (secondary N) is 1. The van der Waals surface area contributed by atoms with E-state index in [9.17, 15) is 4.79 Å². The topological polar surface area (TPSA) is 69.0 Å². The van der Waals surface area contributed by atoms with E-state index in [1.165, 1.54) is 11.8 Å². The molecule has 1 aromatic heterocycles. The Morgan fingerprint density at radius 1 is 1.15 bits per heavy atom. The largest absolute Gasteiger partial charge is 0.497 e. The molecule has 7 heteroatoms. The van der Waals surface area contributed by atoms with Crippen LogP contribution in [0.2, 0.25) is 0 Å². The van der Waals surface area contributed by atoms with Crippen molar-refractivity contribution in [3.05, 3.63) is 60.4 Å². The maximum atomic E-state index is 12.4. The van der Waals surface area contributed by atoms with Crippen LogP contribution in [-0.2, 0) is 4.79 Å². The number of carbonyl (C=O) groups excluding carboxylic acids is 1. The van der Waals surface area contributed by atoms with Crippen LogP contribution in [0.1, 0.15) is 12.5 Å². The lowest BCUT2D eigenvalue weighted by molar-refractivity contribution is -0.115. The summed E-state index contributed by atoms with van der Waals surface area (Å²) in [5, 5.41) is 11.4. The van der Waals surface area contributed by atoms with Crippen LogP contribution in [0.3, 0.4) is 0 Å². The first-order valence-corrected chi connectivity index (χ1v) is 9.03. The third-order valence-corrected chi connectivity index (χ3v) is 4.89. The molecule has 0 spiro atoms. The van der Waals surface area contributed by atoms with Crippen molar-refractivity contribution in [2.24, 2.45) is 0 Å². The Balaban J connectivity index is 1.69. The van der Waals surface area contributed by atoms with Crippen LogP contribution < -0.4 is 10.1 Å². The van der Waals surface area contributed by atoms with Gasteiger partial charge >= 0.3 is 0 Å². The Morgan fingerprint density at radius 3 is 2.50 bits per heavy atom. The molecule has 0 aliphatic carbocycles. The molecule has 26 heavy (non-hydrogen) atoms. The predicted octanol–water partition coefficient (Wildman–Crippen LogP) is 3.70. The maximum Gasteiger partial charge on any atom is 0.237 e. The lowest BCUT2D eigenvalue weighted by Gasteiger charge is -2.13. The monoisotopic (exact) mass is 368 g/mol. The molecule has 0 bridgehead atoms. The van der Waals surface area contributed by atoms with Gasteiger partial charge in [0.05, 0.1) is 12.4 Å². The predicted molar refractivity (Wildman–Crippen MR) is 103 cm³/mol. The smallest absolute Gasteiger partial charge is 0.237 e. The van der Waals surface area contributed by atoms with Crippen molar-refractivity contribution in [3.63, 3.8) is 0 Å². The second-order valence-corrected chi connectivity index (χ2v) is 7.10. The average molecular weight is 368 g/mol. The van der Waals surface area contributed by atoms with E-state index in [2.05, 4.69) is 15.5 Å². The molecule has 0 saturated heterocycles. The minimum absolute atomic E-state index is 0.0804. The molecule has 0 aliphatic heterocycles. The van der Waals surface area contributed by atoms with Gasteiger partial charge < -0.3 is 10.1 Å². The van der Waals surface area contributed by atoms with Gasteiger partial charge in [-0.25, -0.2) is 0 Å². The molecule has 0 aliphatic rings. The molecule has 134 valence electrons. The zero-order valence-corrected chi connectivity index (χ0v) is 15.7. The van der Waals surface area contributed by atoms with Gasteiger partial charge in [-0.1, -0.05) is 29.5 Å². The van der Waals surface area contributed by atoms with Crippen LogP contribution in [0.25, 0.3) is 5.69 Å². The average Bonchev–Trinajstić information content (AvgIpc) is 3.11. The summed E-state index contributed by atoms with van der Waals surface area (Å²) in [5.41, 5.74) is 2.84. The lowest BCUT2D eigenvalue weighted by atomic mass is 10.2. The number of carbonyl (C=O) groups is 1. The van der Waals surface area contributed by atoms with E-state index < -0.39 is 0 Å². The van der Waals surface area contributed by atoms with Gasteiger partial charge in [0.15, 0.2) is 5.16 Å². The first-order valence-electron chi connectivity index (χ1n) is 8.15. The van der Waals surface area contributed by atoms with Crippen LogP contribution in [0.15, 0.2) is 60.0 Å². The van der Waals surface area contributed by atoms with E-state index >= 15 is 0 Å². The number of aryl methyl sites for hydroxylation is 1. The second kappa shape index (κ2) is 8.05. The quantitative estimate of drug-likeness (QED) is 0.672. The molecule has 1 amide bonds. The van der Waals surface area contributed by atoms with Crippen molar-refractivity contribution in [2.45, 2.75) is 24.3 Å². The lowest BCUT2D eigenvalue weighted by Crippen LogP contribution is -2.22. The van der Waals surface area contributed by atoms with Gasteiger partial charge in [-0.05, 0) is 50.2 Å². The minimum atomic E-state index is -0.322. The van der Waals surface area contributed by atoms with E-state index in [4.69, 9.17) is 4.74 Å². The molecule has 0 radical (unpaired) electrons. The minimum Gasteiger partial charge on any atom is -0.497 e. The molecule has 1 heterocycles. The Morgan fingerprint density at radius 2 is 1.85 bits per heavy atom. The molecule has 2 aromatic carbocycles. The van der Waals surface area contributed by atoms with Gasteiger partial charge in [-0.15, -0.1) is 10.2 Å². The van der Waals surface area contributed by atoms with Gasteiger partial charge in [0, 0.05) is 11.4 Å². The molecular weight excluding hydrogens is 348 g/mol. The highest BCUT2D eigenvalue weighted by molar-refractivity contribution is 8.00. The number of rotatable bonds is 6. The number of ether oxygens (including phenoxy) is 1. The summed E-state index contributed by atoms with van der Waals surface area (Å²) in [6.07, 6.45) is 1.63. The van der Waals surface area contributed by atoms with Crippen molar-refractivity contribution in [3.8, 4) is 11.4 Å². The van der Waals surface area contributed by atoms with Crippen molar-refractivity contribution in [2.75, 3.05) is 12.4 Å². The Bertz CT molecular complexity index is 875. The van der Waals surface area contributed by atoms with Crippen LogP contribution in [0.4, 0.5) is 5.69 Å². The van der Waals surface area contributed by atoms with Crippen molar-refractivity contribution < 1.29 is 9.53 Å². The highest BCUT2D eigenvalue weighted by atomic mass is 32.2. The van der Waals surface area contributed by atoms with Gasteiger partial charge in [-0.2, -0.15) is 0 Å². The van der Waals surface area contributed by atoms with Crippen molar-refractivity contribution >= 4 is 23.4 Å². The number of hydrogen-bond donors (Lipinski definition) is 1. The number of anilines is 1. The van der Waals surface area contributed by atoms with Crippen LogP contribution in [0.5, 0.6) is 5.75 Å².